The van der Waals surface area contributed by atoms with Gasteiger partial charge < -0.3 is 5.73 Å². The molecule has 0 unspecified atom stereocenters. The summed E-state index contributed by atoms with van der Waals surface area (Å²) >= 11 is 0. The van der Waals surface area contributed by atoms with Crippen molar-refractivity contribution in [3.05, 3.63) is 66.1 Å². The van der Waals surface area contributed by atoms with Gasteiger partial charge in [-0.15, -0.1) is 0 Å². The Hall–Kier alpha value is -2.42. The maximum absolute atomic E-state index is 5.93. The number of nitrogen functional groups attached to an aromatic ring is 1. The minimum absolute atomic E-state index is 0.732. The van der Waals surface area contributed by atoms with Crippen LogP contribution >= 0.6 is 0 Å². The average molecular weight is 235 g/mol. The second-order valence-corrected chi connectivity index (χ2v) is 4.20. The highest BCUT2D eigenvalue weighted by Crippen LogP contribution is 2.20. The Morgan fingerprint density at radius 1 is 0.889 bits per heavy atom. The van der Waals surface area contributed by atoms with Gasteiger partial charge in [-0.3, -0.25) is 9.97 Å². The Balaban J connectivity index is 2.08. The van der Waals surface area contributed by atoms with Crippen LogP contribution in [0.25, 0.3) is 10.9 Å². The van der Waals surface area contributed by atoms with Crippen LogP contribution in [-0.4, -0.2) is 9.97 Å². The molecule has 0 bridgehead atoms. The van der Waals surface area contributed by atoms with Crippen LogP contribution in [0.4, 0.5) is 5.69 Å². The molecule has 0 saturated carbocycles. The smallest absolute Gasteiger partial charge is 0.0704 e. The van der Waals surface area contributed by atoms with Gasteiger partial charge in [-0.1, -0.05) is 18.2 Å². The maximum atomic E-state index is 5.93. The maximum Gasteiger partial charge on any atom is 0.0704 e. The van der Waals surface area contributed by atoms with E-state index in [4.69, 9.17) is 5.73 Å². The lowest BCUT2D eigenvalue weighted by Crippen LogP contribution is -1.99. The summed E-state index contributed by atoms with van der Waals surface area (Å²) in [5.41, 5.74) is 9.78. The molecular formula is C15H13N3. The third-order valence-corrected chi connectivity index (χ3v) is 3.02. The van der Waals surface area contributed by atoms with Gasteiger partial charge in [0.05, 0.1) is 16.9 Å². The monoisotopic (exact) mass is 235 g/mol. The summed E-state index contributed by atoms with van der Waals surface area (Å²) in [6, 6.07) is 13.9. The number of aromatic nitrogens is 2. The summed E-state index contributed by atoms with van der Waals surface area (Å²) in [7, 11) is 0. The molecule has 18 heavy (non-hydrogen) atoms. The topological polar surface area (TPSA) is 51.8 Å². The van der Waals surface area contributed by atoms with Crippen LogP contribution in [0, 0.1) is 0 Å². The van der Waals surface area contributed by atoms with Crippen LogP contribution in [0.2, 0.25) is 0 Å². The number of anilines is 1. The van der Waals surface area contributed by atoms with E-state index in [1.807, 2.05) is 42.6 Å². The zero-order chi connectivity index (χ0) is 12.4. The highest BCUT2D eigenvalue weighted by Gasteiger charge is 2.05. The van der Waals surface area contributed by atoms with Crippen molar-refractivity contribution >= 4 is 16.6 Å². The Morgan fingerprint density at radius 2 is 1.78 bits per heavy atom. The molecule has 2 N–H and O–H groups in total. The standard InChI is InChI=1S/C15H13N3/c16-13-5-3-8-17-15(13)10-11-7-9-18-14-6-2-1-4-12(11)14/h1-9H,10,16H2. The van der Waals surface area contributed by atoms with Crippen molar-refractivity contribution < 1.29 is 0 Å². The molecule has 3 aromatic rings. The quantitative estimate of drug-likeness (QED) is 0.743. The van der Waals surface area contributed by atoms with Crippen LogP contribution < -0.4 is 5.73 Å². The number of nitrogens with zero attached hydrogens (tertiary/aromatic N) is 2. The van der Waals surface area contributed by atoms with Crippen LogP contribution in [0.3, 0.4) is 0 Å². The second-order valence-electron chi connectivity index (χ2n) is 4.20. The predicted octanol–water partition coefficient (Wildman–Crippen LogP) is 2.80. The van der Waals surface area contributed by atoms with Gasteiger partial charge in [-0.05, 0) is 29.8 Å². The summed E-state index contributed by atoms with van der Waals surface area (Å²) in [5, 5.41) is 1.16. The summed E-state index contributed by atoms with van der Waals surface area (Å²) in [5.74, 6) is 0. The van der Waals surface area contributed by atoms with Crippen LogP contribution in [0.5, 0.6) is 0 Å². The summed E-state index contributed by atoms with van der Waals surface area (Å²) < 4.78 is 0. The number of hydrogen-bond acceptors (Lipinski definition) is 3. The van der Waals surface area contributed by atoms with Gasteiger partial charge >= 0.3 is 0 Å². The van der Waals surface area contributed by atoms with Gasteiger partial charge in [0.25, 0.3) is 0 Å². The molecule has 3 rings (SSSR count). The average Bonchev–Trinajstić information content (AvgIpc) is 2.42. The van der Waals surface area contributed by atoms with E-state index in [1.165, 1.54) is 5.56 Å². The third-order valence-electron chi connectivity index (χ3n) is 3.02. The fourth-order valence-electron chi connectivity index (χ4n) is 2.09. The van der Waals surface area contributed by atoms with Gasteiger partial charge in [-0.2, -0.15) is 0 Å². The molecule has 2 heterocycles. The first-order valence-corrected chi connectivity index (χ1v) is 5.86. The van der Waals surface area contributed by atoms with Crippen molar-refractivity contribution in [3.8, 4) is 0 Å². The van der Waals surface area contributed by atoms with Crippen molar-refractivity contribution in [3.63, 3.8) is 0 Å². The summed E-state index contributed by atoms with van der Waals surface area (Å²) in [6.07, 6.45) is 4.33. The van der Waals surface area contributed by atoms with E-state index in [0.717, 1.165) is 28.7 Å². The van der Waals surface area contributed by atoms with Crippen molar-refractivity contribution in [2.24, 2.45) is 0 Å². The van der Waals surface area contributed by atoms with Gasteiger partial charge in [0.2, 0.25) is 0 Å². The molecular weight excluding hydrogens is 222 g/mol. The van der Waals surface area contributed by atoms with Crippen LogP contribution in [-0.2, 0) is 6.42 Å². The molecule has 0 aliphatic heterocycles. The minimum Gasteiger partial charge on any atom is -0.397 e. The van der Waals surface area contributed by atoms with Crippen LogP contribution in [0.15, 0.2) is 54.9 Å². The molecule has 1 aromatic carbocycles. The number of hydrogen-bond donors (Lipinski definition) is 1. The first-order valence-electron chi connectivity index (χ1n) is 5.86. The highest BCUT2D eigenvalue weighted by molar-refractivity contribution is 5.82. The van der Waals surface area contributed by atoms with Gasteiger partial charge in [-0.25, -0.2) is 0 Å². The van der Waals surface area contributed by atoms with E-state index in [0.29, 0.717) is 0 Å². The van der Waals surface area contributed by atoms with E-state index >= 15 is 0 Å². The lowest BCUT2D eigenvalue weighted by Gasteiger charge is -2.07. The lowest BCUT2D eigenvalue weighted by atomic mass is 10.0. The fourth-order valence-corrected chi connectivity index (χ4v) is 2.09. The van der Waals surface area contributed by atoms with Gasteiger partial charge in [0.1, 0.15) is 0 Å². The first kappa shape index (κ1) is 10.7. The molecule has 0 spiro atoms. The molecule has 2 aromatic heterocycles. The molecule has 0 amide bonds. The molecule has 88 valence electrons. The summed E-state index contributed by atoms with van der Waals surface area (Å²) in [4.78, 5) is 8.69. The highest BCUT2D eigenvalue weighted by atomic mass is 14.7. The number of rotatable bonds is 2. The Labute approximate surface area is 105 Å². The molecule has 0 fully saturated rings. The van der Waals surface area contributed by atoms with Crippen LogP contribution in [0.1, 0.15) is 11.3 Å². The third kappa shape index (κ3) is 1.91. The number of benzene rings is 1. The predicted molar refractivity (Wildman–Crippen MR) is 73.2 cm³/mol. The Kier molecular flexibility index (Phi) is 2.65. The molecule has 0 aliphatic carbocycles. The summed E-state index contributed by atoms with van der Waals surface area (Å²) in [6.45, 7) is 0. The second kappa shape index (κ2) is 4.45. The van der Waals surface area contributed by atoms with E-state index in [9.17, 15) is 0 Å². The van der Waals surface area contributed by atoms with E-state index in [2.05, 4.69) is 16.0 Å². The number of nitrogens with two attached hydrogens (primary N) is 1. The molecule has 3 heteroatoms. The van der Waals surface area contributed by atoms with Crippen molar-refractivity contribution in [1.29, 1.82) is 0 Å². The minimum atomic E-state index is 0.732. The van der Waals surface area contributed by atoms with Crippen molar-refractivity contribution in [1.82, 2.24) is 9.97 Å². The number of fused-ring (bicyclic) bond motifs is 1. The number of pyridine rings is 2. The molecule has 0 aliphatic rings. The normalized spacial score (nSPS) is 10.7. The van der Waals surface area contributed by atoms with E-state index in [1.54, 1.807) is 6.20 Å². The van der Waals surface area contributed by atoms with E-state index < -0.39 is 0 Å². The lowest BCUT2D eigenvalue weighted by molar-refractivity contribution is 1.09. The first-order chi connectivity index (χ1) is 8.84. The largest absolute Gasteiger partial charge is 0.397 e. The van der Waals surface area contributed by atoms with Gasteiger partial charge in [0, 0.05) is 24.2 Å². The van der Waals surface area contributed by atoms with E-state index in [-0.39, 0.29) is 0 Å². The van der Waals surface area contributed by atoms with Gasteiger partial charge in [0.15, 0.2) is 0 Å². The molecule has 0 radical (unpaired) electrons. The zero-order valence-corrected chi connectivity index (χ0v) is 9.88. The zero-order valence-electron chi connectivity index (χ0n) is 9.88. The van der Waals surface area contributed by atoms with Crippen molar-refractivity contribution in [2.45, 2.75) is 6.42 Å². The SMILES string of the molecule is Nc1cccnc1Cc1ccnc2ccccc12. The fraction of sp³-hybridized carbons (Fsp3) is 0.0667. The molecule has 3 nitrogen and oxygen atoms in total. The molecule has 0 atom stereocenters. The van der Waals surface area contributed by atoms with Crippen molar-refractivity contribution in [2.75, 3.05) is 5.73 Å². The number of para-hydroxylation sites is 1. The molecule has 0 saturated heterocycles. The Bertz CT molecular complexity index is 687. The Morgan fingerprint density at radius 3 is 2.67 bits per heavy atom.